The Morgan fingerprint density at radius 2 is 1.70 bits per heavy atom. The van der Waals surface area contributed by atoms with Gasteiger partial charge in [0.2, 0.25) is 0 Å². The predicted molar refractivity (Wildman–Crippen MR) is 83.2 cm³/mol. The quantitative estimate of drug-likeness (QED) is 0.851. The largest absolute Gasteiger partial charge is 0.389 e. The topological polar surface area (TPSA) is 20.2 Å². The first-order valence-corrected chi connectivity index (χ1v) is 7.51. The van der Waals surface area contributed by atoms with Crippen molar-refractivity contribution in [1.29, 1.82) is 0 Å². The summed E-state index contributed by atoms with van der Waals surface area (Å²) in [5.41, 5.74) is 1.04. The highest BCUT2D eigenvalue weighted by atomic mass is 79.9. The molecule has 20 heavy (non-hydrogen) atoms. The summed E-state index contributed by atoms with van der Waals surface area (Å²) in [6.07, 6.45) is 1.63. The third kappa shape index (κ3) is 4.15. The highest BCUT2D eigenvalue weighted by molar-refractivity contribution is 9.10. The lowest BCUT2D eigenvalue weighted by Crippen LogP contribution is -2.33. The first kappa shape index (κ1) is 15.2. The Kier molecular flexibility index (Phi) is 4.95. The molecule has 0 aromatic heterocycles. The van der Waals surface area contributed by atoms with Crippen molar-refractivity contribution in [2.45, 2.75) is 31.8 Å². The molecule has 0 saturated carbocycles. The van der Waals surface area contributed by atoms with Crippen LogP contribution in [0.4, 0.5) is 4.39 Å². The normalized spacial score (nSPS) is 14.0. The van der Waals surface area contributed by atoms with Crippen LogP contribution in [0, 0.1) is 5.82 Å². The van der Waals surface area contributed by atoms with E-state index in [1.54, 1.807) is 0 Å². The highest BCUT2D eigenvalue weighted by Gasteiger charge is 2.25. The molecule has 0 amide bonds. The lowest BCUT2D eigenvalue weighted by atomic mass is 9.86. The van der Waals surface area contributed by atoms with Crippen molar-refractivity contribution in [1.82, 2.24) is 0 Å². The molecule has 0 radical (unpaired) electrons. The molecule has 3 heteroatoms. The fourth-order valence-electron chi connectivity index (χ4n) is 2.38. The van der Waals surface area contributed by atoms with Gasteiger partial charge in [0, 0.05) is 17.3 Å². The Bertz CT molecular complexity index is 550. The van der Waals surface area contributed by atoms with Gasteiger partial charge in [0.25, 0.3) is 0 Å². The summed E-state index contributed by atoms with van der Waals surface area (Å²) in [5, 5.41) is 10.8. The Hall–Kier alpha value is -1.19. The van der Waals surface area contributed by atoms with Gasteiger partial charge in [0.15, 0.2) is 0 Å². The fraction of sp³-hybridized carbons (Fsp3) is 0.294. The standard InChI is InChI=1S/C17H18BrFO/c1-2-17(20,11-13-6-4-3-5-7-13)12-14-8-15(18)10-16(19)9-14/h3-10,20H,2,11-12H2,1H3. The van der Waals surface area contributed by atoms with Crippen LogP contribution in [0.15, 0.2) is 53.0 Å². The first-order chi connectivity index (χ1) is 9.50. The van der Waals surface area contributed by atoms with Crippen molar-refractivity contribution in [3.05, 3.63) is 69.9 Å². The Labute approximate surface area is 127 Å². The Balaban J connectivity index is 2.18. The van der Waals surface area contributed by atoms with Gasteiger partial charge in [-0.15, -0.1) is 0 Å². The van der Waals surface area contributed by atoms with Crippen molar-refractivity contribution < 1.29 is 9.50 Å². The smallest absolute Gasteiger partial charge is 0.124 e. The zero-order valence-corrected chi connectivity index (χ0v) is 13.0. The highest BCUT2D eigenvalue weighted by Crippen LogP contribution is 2.25. The van der Waals surface area contributed by atoms with Crippen LogP contribution in [0.5, 0.6) is 0 Å². The summed E-state index contributed by atoms with van der Waals surface area (Å²) >= 11 is 3.29. The van der Waals surface area contributed by atoms with Crippen LogP contribution >= 0.6 is 15.9 Å². The molecule has 0 aliphatic heterocycles. The number of aliphatic hydroxyl groups is 1. The number of hydrogen-bond donors (Lipinski definition) is 1. The van der Waals surface area contributed by atoms with Crippen LogP contribution in [-0.2, 0) is 12.8 Å². The van der Waals surface area contributed by atoms with E-state index in [0.717, 1.165) is 11.1 Å². The van der Waals surface area contributed by atoms with Crippen molar-refractivity contribution in [3.63, 3.8) is 0 Å². The van der Waals surface area contributed by atoms with Gasteiger partial charge < -0.3 is 5.11 Å². The zero-order chi connectivity index (χ0) is 14.6. The Morgan fingerprint density at radius 1 is 1.05 bits per heavy atom. The van der Waals surface area contributed by atoms with Crippen molar-refractivity contribution in [3.8, 4) is 0 Å². The molecule has 2 aromatic carbocycles. The minimum absolute atomic E-state index is 0.285. The number of rotatable bonds is 5. The average Bonchev–Trinajstić information content (AvgIpc) is 2.38. The van der Waals surface area contributed by atoms with Gasteiger partial charge in [0.05, 0.1) is 5.60 Å². The van der Waals surface area contributed by atoms with E-state index in [-0.39, 0.29) is 5.82 Å². The molecule has 0 spiro atoms. The molecule has 0 aliphatic rings. The monoisotopic (exact) mass is 336 g/mol. The van der Waals surface area contributed by atoms with E-state index in [2.05, 4.69) is 15.9 Å². The maximum absolute atomic E-state index is 13.4. The molecule has 0 fully saturated rings. The molecular formula is C17H18BrFO. The summed E-state index contributed by atoms with van der Waals surface area (Å²) in [6.45, 7) is 1.96. The molecule has 1 nitrogen and oxygen atoms in total. The number of halogens is 2. The van der Waals surface area contributed by atoms with E-state index < -0.39 is 5.60 Å². The summed E-state index contributed by atoms with van der Waals surface area (Å²) in [6, 6.07) is 14.6. The molecule has 0 aliphatic carbocycles. The minimum atomic E-state index is -0.853. The van der Waals surface area contributed by atoms with E-state index in [9.17, 15) is 9.50 Å². The lowest BCUT2D eigenvalue weighted by molar-refractivity contribution is 0.0368. The van der Waals surface area contributed by atoms with E-state index in [1.807, 2.05) is 43.3 Å². The first-order valence-electron chi connectivity index (χ1n) is 6.72. The van der Waals surface area contributed by atoms with Gasteiger partial charge in [-0.2, -0.15) is 0 Å². The molecule has 2 aromatic rings. The molecular weight excluding hydrogens is 319 g/mol. The molecule has 1 N–H and O–H groups in total. The summed E-state index contributed by atoms with van der Waals surface area (Å²) in [5.74, 6) is -0.285. The predicted octanol–water partition coefficient (Wildman–Crippen LogP) is 4.51. The molecule has 106 valence electrons. The second-order valence-electron chi connectivity index (χ2n) is 5.19. The van der Waals surface area contributed by atoms with E-state index in [4.69, 9.17) is 0 Å². The van der Waals surface area contributed by atoms with E-state index in [0.29, 0.717) is 23.7 Å². The van der Waals surface area contributed by atoms with Gasteiger partial charge in [-0.25, -0.2) is 4.39 Å². The minimum Gasteiger partial charge on any atom is -0.389 e. The Morgan fingerprint density at radius 3 is 2.30 bits per heavy atom. The summed E-state index contributed by atoms with van der Waals surface area (Å²) < 4.78 is 14.1. The summed E-state index contributed by atoms with van der Waals surface area (Å²) in [4.78, 5) is 0. The maximum atomic E-state index is 13.4. The third-order valence-corrected chi connectivity index (χ3v) is 3.95. The second kappa shape index (κ2) is 6.51. The maximum Gasteiger partial charge on any atom is 0.124 e. The SMILES string of the molecule is CCC(O)(Cc1ccccc1)Cc1cc(F)cc(Br)c1. The van der Waals surface area contributed by atoms with Crippen molar-refractivity contribution in [2.75, 3.05) is 0 Å². The van der Waals surface area contributed by atoms with Gasteiger partial charge in [-0.05, 0) is 35.7 Å². The molecule has 0 saturated heterocycles. The van der Waals surface area contributed by atoms with E-state index >= 15 is 0 Å². The van der Waals surface area contributed by atoms with Crippen molar-refractivity contribution in [2.24, 2.45) is 0 Å². The molecule has 0 bridgehead atoms. The van der Waals surface area contributed by atoms with Gasteiger partial charge in [-0.1, -0.05) is 53.2 Å². The van der Waals surface area contributed by atoms with Crippen LogP contribution in [0.3, 0.4) is 0 Å². The van der Waals surface area contributed by atoms with Crippen LogP contribution in [0.1, 0.15) is 24.5 Å². The van der Waals surface area contributed by atoms with Crippen LogP contribution in [0.2, 0.25) is 0 Å². The molecule has 1 atom stereocenters. The molecule has 2 rings (SSSR count). The molecule has 0 heterocycles. The second-order valence-corrected chi connectivity index (χ2v) is 6.11. The average molecular weight is 337 g/mol. The lowest BCUT2D eigenvalue weighted by Gasteiger charge is -2.27. The van der Waals surface area contributed by atoms with Gasteiger partial charge >= 0.3 is 0 Å². The van der Waals surface area contributed by atoms with Crippen LogP contribution < -0.4 is 0 Å². The zero-order valence-electron chi connectivity index (χ0n) is 11.4. The summed E-state index contributed by atoms with van der Waals surface area (Å²) in [7, 11) is 0. The molecule has 1 unspecified atom stereocenters. The van der Waals surface area contributed by atoms with Crippen LogP contribution in [0.25, 0.3) is 0 Å². The third-order valence-electron chi connectivity index (χ3n) is 3.49. The van der Waals surface area contributed by atoms with Crippen molar-refractivity contribution >= 4 is 15.9 Å². The fourth-order valence-corrected chi connectivity index (χ4v) is 2.89. The van der Waals surface area contributed by atoms with Gasteiger partial charge in [-0.3, -0.25) is 0 Å². The number of hydrogen-bond acceptors (Lipinski definition) is 1. The van der Waals surface area contributed by atoms with E-state index in [1.165, 1.54) is 12.1 Å². The van der Waals surface area contributed by atoms with Crippen LogP contribution in [-0.4, -0.2) is 10.7 Å². The number of benzene rings is 2. The van der Waals surface area contributed by atoms with Gasteiger partial charge in [0.1, 0.15) is 5.82 Å².